The second-order valence-corrected chi connectivity index (χ2v) is 35.7. The van der Waals surface area contributed by atoms with E-state index in [1.807, 2.05) is 84.8 Å². The Labute approximate surface area is 715 Å². The summed E-state index contributed by atoms with van der Waals surface area (Å²) in [6.07, 6.45) is 19.6. The van der Waals surface area contributed by atoms with Gasteiger partial charge in [-0.2, -0.15) is 0 Å². The molecule has 3 aromatic heterocycles. The highest BCUT2D eigenvalue weighted by Gasteiger charge is 2.47. The van der Waals surface area contributed by atoms with Crippen LogP contribution < -0.4 is 49.0 Å². The Bertz CT molecular complexity index is 6450. The lowest BCUT2D eigenvalue weighted by Crippen LogP contribution is -2.36. The van der Waals surface area contributed by atoms with Crippen LogP contribution in [0.2, 0.25) is 0 Å². The molecule has 14 aliphatic rings. The molecule has 28 rings (SSSR count). The molecule has 122 heavy (non-hydrogen) atoms. The Morgan fingerprint density at radius 1 is 0.336 bits per heavy atom. The van der Waals surface area contributed by atoms with Crippen molar-refractivity contribution in [2.24, 2.45) is 0 Å². The second-order valence-electron chi connectivity index (χ2n) is 34.5. The molecule has 0 saturated heterocycles. The Morgan fingerprint density at radius 2 is 0.795 bits per heavy atom. The largest absolute Gasteiger partial charge is 0.471 e. The van der Waals surface area contributed by atoms with Crippen molar-refractivity contribution in [3.8, 4) is 0 Å². The third kappa shape index (κ3) is 11.9. The van der Waals surface area contributed by atoms with Gasteiger partial charge in [0.2, 0.25) is 5.88 Å². The van der Waals surface area contributed by atoms with E-state index in [1.54, 1.807) is 0 Å². The zero-order valence-corrected chi connectivity index (χ0v) is 71.3. The maximum absolute atomic E-state index is 13.9. The van der Waals surface area contributed by atoms with Crippen molar-refractivity contribution < 1.29 is 22.0 Å². The van der Waals surface area contributed by atoms with E-state index in [0.29, 0.717) is 53.9 Å². The maximum atomic E-state index is 13.9. The number of furan rings is 3. The van der Waals surface area contributed by atoms with Crippen LogP contribution in [0.3, 0.4) is 0 Å². The number of allylic oxidation sites excluding steroid dienone is 3. The standard InChI is InChI=1S/C17H18N2.C15H12F2N2.C15H14N2.3C14H14N2O.C14H11NS/c1-11-8-12(2)13-10-17-18(3)14-6-4-5-7-15(14)19(17)16(13)9-11;1-18-12-4-2-3-5-13(12)19-14-7-9(16)6-11(17)10(14)8-15(18)19;1-16-13-8-4-5-9-14(13)17-12-7-3-2-6-11(12)10-15(16)17;1-9-6-16-13-4-12-8-17-7-11(12)3-10(13)5-14(16)15(9)2;1-9-8-16-13(15(9)2)7-11-10-5-3-4-6-12(10)17-14(11)16;1-9-8-16-13(15(9)2)7-12-14(16)10-5-3-4-6-11(10)17-12;1-2-6-11-10(5-1)9-14-15(11)12-7-3-4-8-13(12)16-14/h4-9,17H,10H2,1-3H3;2-7,15H,8H2,1H3;2-9,15H,10H2,1H3;3-4,6-8,14H,5H2,1-2H3;2*3-6,8,13H,7H2,1-2H3;1-8,14H,9H2. The molecule has 0 aliphatic carbocycles. The molecule has 11 aromatic carbocycles. The van der Waals surface area contributed by atoms with E-state index in [-0.39, 0.29) is 6.17 Å². The number of anilines is 14. The van der Waals surface area contributed by atoms with E-state index >= 15 is 0 Å². The predicted octanol–water partition coefficient (Wildman–Crippen LogP) is 23.0. The SMILES string of the molecule is CC1=CN2c3c(oc4ccccc34)CC2N1C.CC1=CN2c3cc4cocc4cc3CC2N1C.CC1=CN2c3oc4ccccc4c3CC2N1C.CN1c2ccccc2N2c3cc(F)cc(F)c3CC12.CN1c2ccccc2N2c3ccccc3CC12.Cc1cc(C)c2c(c1)N1c3ccccc3N(C)C1C2.c1ccc2c(c1)CC1Sc3ccccc3N21. The molecular weight excluding hydrogens is 1540 g/mol. The van der Waals surface area contributed by atoms with Crippen LogP contribution in [0.15, 0.2) is 297 Å². The minimum Gasteiger partial charge on any atom is -0.471 e. The van der Waals surface area contributed by atoms with Crippen LogP contribution in [-0.4, -0.2) is 99.4 Å². The van der Waals surface area contributed by atoms with Gasteiger partial charge in [0.1, 0.15) is 65.6 Å². The fourth-order valence-electron chi connectivity index (χ4n) is 21.3. The highest BCUT2D eigenvalue weighted by Crippen LogP contribution is 2.57. The number of benzene rings is 11. The first-order chi connectivity index (χ1) is 59.4. The summed E-state index contributed by atoms with van der Waals surface area (Å²) in [5, 5.41) is 5.45. The topological polar surface area (TPSA) is 81.5 Å². The van der Waals surface area contributed by atoms with Crippen molar-refractivity contribution in [2.45, 2.75) is 127 Å². The summed E-state index contributed by atoms with van der Waals surface area (Å²) in [6.45, 7) is 10.9. The lowest BCUT2D eigenvalue weighted by atomic mass is 10.0. The smallest absolute Gasteiger partial charge is 0.205 e. The van der Waals surface area contributed by atoms with E-state index < -0.39 is 11.6 Å². The van der Waals surface area contributed by atoms with Crippen LogP contribution in [0, 0.1) is 25.5 Å². The molecular formula is C103H97F2N13O3S. The van der Waals surface area contributed by atoms with Crippen LogP contribution in [0.5, 0.6) is 0 Å². The van der Waals surface area contributed by atoms with Gasteiger partial charge >= 0.3 is 0 Å². The van der Waals surface area contributed by atoms with Crippen molar-refractivity contribution in [2.75, 3.05) is 91.3 Å². The quantitative estimate of drug-likeness (QED) is 0.144. The average Bonchev–Trinajstić information content (AvgIpc) is 1.62. The van der Waals surface area contributed by atoms with E-state index in [4.69, 9.17) is 13.3 Å². The van der Waals surface area contributed by atoms with E-state index in [1.165, 1.54) is 145 Å². The summed E-state index contributed by atoms with van der Waals surface area (Å²) < 4.78 is 44.5. The molecule has 16 nitrogen and oxygen atoms in total. The molecule has 0 spiro atoms. The monoisotopic (exact) mass is 1630 g/mol. The molecule has 7 atom stereocenters. The number of para-hydroxylation sites is 11. The summed E-state index contributed by atoms with van der Waals surface area (Å²) in [7, 11) is 12.8. The zero-order chi connectivity index (χ0) is 82.9. The van der Waals surface area contributed by atoms with Gasteiger partial charge in [0.25, 0.3) is 0 Å². The highest BCUT2D eigenvalue weighted by atomic mass is 32.2. The lowest BCUT2D eigenvalue weighted by molar-refractivity contribution is 0.334. The molecule has 0 N–H and O–H groups in total. The van der Waals surface area contributed by atoms with Gasteiger partial charge in [0.15, 0.2) is 0 Å². The van der Waals surface area contributed by atoms with E-state index in [2.05, 4.69) is 317 Å². The number of hydrogen-bond acceptors (Lipinski definition) is 17. The molecule has 0 fully saturated rings. The number of fused-ring (bicyclic) bond motifs is 34. The summed E-state index contributed by atoms with van der Waals surface area (Å²) in [5.74, 6) is 1.17. The second kappa shape index (κ2) is 29.1. The molecule has 14 aliphatic heterocycles. The minimum absolute atomic E-state index is 0.0451. The maximum Gasteiger partial charge on any atom is 0.205 e. The molecule has 14 aromatic rings. The Kier molecular flexibility index (Phi) is 17.9. The summed E-state index contributed by atoms with van der Waals surface area (Å²) >= 11 is 1.99. The van der Waals surface area contributed by atoms with Crippen LogP contribution in [0.1, 0.15) is 71.0 Å². The van der Waals surface area contributed by atoms with Gasteiger partial charge in [-0.15, -0.1) is 0 Å². The Balaban J connectivity index is 0.0000000851. The first-order valence-corrected chi connectivity index (χ1v) is 43.5. The number of halogens is 2. The molecule has 0 saturated carbocycles. The molecule has 0 radical (unpaired) electrons. The number of nitrogens with zero attached hydrogens (tertiary/aromatic N) is 13. The number of likely N-dealkylation sites (N-methyl/N-ethyl adjacent to an activating group) is 6. The molecule has 0 amide bonds. The van der Waals surface area contributed by atoms with Crippen molar-refractivity contribution in [1.82, 2.24) is 14.7 Å². The number of thioether (sulfide) groups is 1. The van der Waals surface area contributed by atoms with Gasteiger partial charge in [-0.1, -0.05) is 133 Å². The molecule has 19 heteroatoms. The predicted molar refractivity (Wildman–Crippen MR) is 494 cm³/mol. The van der Waals surface area contributed by atoms with Gasteiger partial charge < -0.3 is 72.1 Å². The Morgan fingerprint density at radius 3 is 1.43 bits per heavy atom. The van der Waals surface area contributed by atoms with Crippen molar-refractivity contribution >= 4 is 124 Å². The third-order valence-electron chi connectivity index (χ3n) is 27.7. The van der Waals surface area contributed by atoms with Crippen molar-refractivity contribution in [1.29, 1.82) is 0 Å². The fourth-order valence-corrected chi connectivity index (χ4v) is 22.6. The lowest BCUT2D eigenvalue weighted by Gasteiger charge is -2.24. The first kappa shape index (κ1) is 75.1. The third-order valence-corrected chi connectivity index (χ3v) is 28.9. The summed E-state index contributed by atoms with van der Waals surface area (Å²) in [5.41, 5.74) is 32.8. The van der Waals surface area contributed by atoms with Gasteiger partial charge in [0, 0.05) is 189 Å². The zero-order valence-electron chi connectivity index (χ0n) is 70.5. The fraction of sp³-hybridized carbons (Fsp3) is 0.243. The minimum atomic E-state index is -0.524. The summed E-state index contributed by atoms with van der Waals surface area (Å²) in [4.78, 5) is 31.7. The van der Waals surface area contributed by atoms with E-state index in [0.717, 1.165) is 78.8 Å². The number of aryl methyl sites for hydroxylation is 2. The van der Waals surface area contributed by atoms with Gasteiger partial charge in [-0.05, 0) is 171 Å². The highest BCUT2D eigenvalue weighted by molar-refractivity contribution is 8.00. The number of rotatable bonds is 0. The number of hydrogen-bond donors (Lipinski definition) is 0. The molecule has 17 heterocycles. The molecule has 0 bridgehead atoms. The van der Waals surface area contributed by atoms with Crippen molar-refractivity contribution in [3.63, 3.8) is 0 Å². The van der Waals surface area contributed by atoms with Crippen molar-refractivity contribution in [3.05, 3.63) is 341 Å². The van der Waals surface area contributed by atoms with E-state index in [9.17, 15) is 8.78 Å². The van der Waals surface area contributed by atoms with Gasteiger partial charge in [-0.25, -0.2) is 8.78 Å². The van der Waals surface area contributed by atoms with Crippen LogP contribution in [0.4, 0.5) is 88.6 Å². The van der Waals surface area contributed by atoms with Gasteiger partial charge in [-0.3, -0.25) is 4.90 Å². The van der Waals surface area contributed by atoms with Gasteiger partial charge in [0.05, 0.1) is 69.1 Å². The van der Waals surface area contributed by atoms with Crippen LogP contribution >= 0.6 is 11.8 Å². The normalized spacial score (nSPS) is 20.7. The first-order valence-electron chi connectivity index (χ1n) is 42.6. The summed E-state index contributed by atoms with van der Waals surface area (Å²) in [6, 6.07) is 79.6. The molecule has 612 valence electrons. The van der Waals surface area contributed by atoms with Crippen LogP contribution in [-0.2, 0) is 44.9 Å². The van der Waals surface area contributed by atoms with Crippen LogP contribution in [0.25, 0.3) is 32.7 Å². The average molecular weight is 1640 g/mol. The Hall–Kier alpha value is -13.1. The molecule has 7 unspecified atom stereocenters.